The average Bonchev–Trinajstić information content (AvgIpc) is 3.16. The number of ketones is 2. The highest BCUT2D eigenvalue weighted by molar-refractivity contribution is 6.09. The van der Waals surface area contributed by atoms with Crippen molar-refractivity contribution in [3.05, 3.63) is 92.7 Å². The first-order chi connectivity index (χ1) is 21.3. The van der Waals surface area contributed by atoms with E-state index in [9.17, 15) is 45.3 Å². The van der Waals surface area contributed by atoms with Crippen molar-refractivity contribution in [2.24, 2.45) is 5.92 Å². The Bertz CT molecular complexity index is 1420. The molecule has 3 unspecified atom stereocenters. The van der Waals surface area contributed by atoms with Crippen molar-refractivity contribution in [1.29, 1.82) is 0 Å². The maximum Gasteiger partial charge on any atom is 0.198 e. The van der Waals surface area contributed by atoms with E-state index in [4.69, 9.17) is 0 Å². The Kier molecular flexibility index (Phi) is 13.8. The minimum Gasteiger partial charge on any atom is -0.515 e. The lowest BCUT2D eigenvalue weighted by Gasteiger charge is -2.24. The van der Waals surface area contributed by atoms with E-state index in [0.717, 1.165) is 30.4 Å². The first kappa shape index (κ1) is 38.7. The van der Waals surface area contributed by atoms with Gasteiger partial charge >= 0.3 is 0 Å². The number of aliphatic hydroxyl groups is 7. The fraction of sp³-hybridized carbons (Fsp3) is 0.514. The molecule has 0 radical (unpaired) electrons. The monoisotopic (exact) mass is 640 g/mol. The summed E-state index contributed by atoms with van der Waals surface area (Å²) in [6, 6.07) is 0. The number of hydrogen-bond donors (Lipinski definition) is 7. The van der Waals surface area contributed by atoms with Crippen molar-refractivity contribution in [2.45, 2.75) is 111 Å². The number of hydrogen-bond acceptors (Lipinski definition) is 9. The predicted octanol–water partition coefficient (Wildman–Crippen LogP) is 6.15. The van der Waals surface area contributed by atoms with Crippen molar-refractivity contribution in [1.82, 2.24) is 0 Å². The maximum atomic E-state index is 13.7. The van der Waals surface area contributed by atoms with Crippen LogP contribution in [-0.4, -0.2) is 71.2 Å². The van der Waals surface area contributed by atoms with Gasteiger partial charge in [0.25, 0.3) is 0 Å². The lowest BCUT2D eigenvalue weighted by Crippen LogP contribution is -2.37. The van der Waals surface area contributed by atoms with Crippen LogP contribution in [0.3, 0.4) is 0 Å². The average molecular weight is 641 g/mol. The van der Waals surface area contributed by atoms with Gasteiger partial charge in [0.1, 0.15) is 17.1 Å². The zero-order valence-electron chi connectivity index (χ0n) is 28.2. The van der Waals surface area contributed by atoms with Gasteiger partial charge in [0, 0.05) is 17.6 Å². The SMILES string of the molecule is CC1=CC(O)=C(C(=O)C(C)(O)C/C=C(\C)CC/C=C(\C)CC/C=C(\CO)CCC(O)C(C)(C)O)C2=CC1C(=O)C(C)=C(O)C2=CO. The number of aliphatic hydroxyl groups excluding tert-OH is 5. The highest BCUT2D eigenvalue weighted by Crippen LogP contribution is 2.40. The molecule has 0 heterocycles. The lowest BCUT2D eigenvalue weighted by atomic mass is 9.83. The normalized spacial score (nSPS) is 21.5. The molecule has 2 aliphatic carbocycles. The molecule has 254 valence electrons. The molecule has 0 aromatic rings. The second-order valence-electron chi connectivity index (χ2n) is 13.3. The van der Waals surface area contributed by atoms with Crippen LogP contribution in [0, 0.1) is 5.92 Å². The van der Waals surface area contributed by atoms with E-state index >= 15 is 0 Å². The van der Waals surface area contributed by atoms with Gasteiger partial charge in [0.15, 0.2) is 11.6 Å². The molecule has 9 heteroatoms. The number of carbonyl (C=O) groups is 2. The third-order valence-corrected chi connectivity index (χ3v) is 8.72. The van der Waals surface area contributed by atoms with Crippen LogP contribution in [0.2, 0.25) is 0 Å². The van der Waals surface area contributed by atoms with Crippen LogP contribution in [0.5, 0.6) is 0 Å². The summed E-state index contributed by atoms with van der Waals surface area (Å²) >= 11 is 0. The van der Waals surface area contributed by atoms with Crippen LogP contribution in [0.25, 0.3) is 0 Å². The molecule has 0 spiro atoms. The lowest BCUT2D eigenvalue weighted by molar-refractivity contribution is -0.131. The van der Waals surface area contributed by atoms with Crippen LogP contribution >= 0.6 is 0 Å². The van der Waals surface area contributed by atoms with Gasteiger partial charge in [-0.3, -0.25) is 9.59 Å². The van der Waals surface area contributed by atoms with Crippen LogP contribution < -0.4 is 0 Å². The number of carbonyl (C=O) groups excluding carboxylic acids is 2. The Morgan fingerprint density at radius 1 is 0.978 bits per heavy atom. The summed E-state index contributed by atoms with van der Waals surface area (Å²) in [5, 5.41) is 72.4. The van der Waals surface area contributed by atoms with E-state index in [-0.39, 0.29) is 35.3 Å². The Balaban J connectivity index is 2.07. The van der Waals surface area contributed by atoms with Gasteiger partial charge in [-0.1, -0.05) is 41.0 Å². The van der Waals surface area contributed by atoms with Crippen molar-refractivity contribution < 1.29 is 45.3 Å². The smallest absolute Gasteiger partial charge is 0.198 e. The molecule has 46 heavy (non-hydrogen) atoms. The second-order valence-corrected chi connectivity index (χ2v) is 13.3. The molecule has 2 rings (SSSR count). The largest absolute Gasteiger partial charge is 0.515 e. The quantitative estimate of drug-likeness (QED) is 0.0817. The Morgan fingerprint density at radius 3 is 2.13 bits per heavy atom. The van der Waals surface area contributed by atoms with Gasteiger partial charge in [-0.25, -0.2) is 0 Å². The summed E-state index contributed by atoms with van der Waals surface area (Å²) in [6.07, 6.45) is 12.1. The molecule has 0 aliphatic heterocycles. The third kappa shape index (κ3) is 10.00. The first-order valence-electron chi connectivity index (χ1n) is 15.8. The number of fused-ring (bicyclic) bond motifs is 1. The van der Waals surface area contributed by atoms with Crippen molar-refractivity contribution >= 4 is 11.6 Å². The van der Waals surface area contributed by atoms with E-state index in [1.165, 1.54) is 31.6 Å². The molecule has 0 saturated carbocycles. The number of allylic oxidation sites excluding steroid dienone is 9. The van der Waals surface area contributed by atoms with Gasteiger partial charge in [-0.15, -0.1) is 0 Å². The van der Waals surface area contributed by atoms with E-state index in [0.29, 0.717) is 31.1 Å². The summed E-state index contributed by atoms with van der Waals surface area (Å²) < 4.78 is 0. The van der Waals surface area contributed by atoms with Gasteiger partial charge in [0.2, 0.25) is 0 Å². The molecule has 0 saturated heterocycles. The van der Waals surface area contributed by atoms with E-state index in [1.807, 2.05) is 19.9 Å². The van der Waals surface area contributed by atoms with Gasteiger partial charge in [-0.05, 0) is 98.6 Å². The summed E-state index contributed by atoms with van der Waals surface area (Å²) in [7, 11) is 0. The molecule has 2 aliphatic rings. The Hall–Kier alpha value is -3.50. The molecular weight excluding hydrogens is 588 g/mol. The van der Waals surface area contributed by atoms with Crippen LogP contribution in [0.15, 0.2) is 92.7 Å². The van der Waals surface area contributed by atoms with Crippen LogP contribution in [0.4, 0.5) is 0 Å². The van der Waals surface area contributed by atoms with E-state index < -0.39 is 46.3 Å². The van der Waals surface area contributed by atoms with Gasteiger partial charge in [-0.2, -0.15) is 0 Å². The number of Topliss-reactive ketones (excluding diaryl/α,β-unsaturated/α-hetero) is 2. The summed E-state index contributed by atoms with van der Waals surface area (Å²) in [6.45, 7) is 11.3. The summed E-state index contributed by atoms with van der Waals surface area (Å²) in [5.74, 6) is -3.08. The molecule has 0 aromatic heterocycles. The minimum absolute atomic E-state index is 0.0117. The molecule has 7 N–H and O–H groups in total. The standard InChI is InChI=1S/C37H52O9/c1-22(12-9-13-26(20-38)14-15-31(41)36(5,6)45)10-8-11-23(2)16-17-37(7,46)35(44)32-28-19-27(24(3)18-30(32)40)33(42)25(4)34(43)29(28)21-39/h10,13,16,18-19,21,27,31,38-41,43,45-46H,8-9,11-12,14-15,17,20H2,1-7H3/b22-10+,23-16+,26-13-,29-21?. The highest BCUT2D eigenvalue weighted by atomic mass is 16.3. The molecule has 9 nitrogen and oxygen atoms in total. The predicted molar refractivity (Wildman–Crippen MR) is 179 cm³/mol. The third-order valence-electron chi connectivity index (χ3n) is 8.72. The molecule has 3 atom stereocenters. The molecule has 0 aromatic carbocycles. The van der Waals surface area contributed by atoms with Crippen molar-refractivity contribution in [3.8, 4) is 0 Å². The van der Waals surface area contributed by atoms with Crippen molar-refractivity contribution in [3.63, 3.8) is 0 Å². The minimum atomic E-state index is -1.94. The van der Waals surface area contributed by atoms with Crippen LogP contribution in [0.1, 0.15) is 93.4 Å². The fourth-order valence-corrected chi connectivity index (χ4v) is 5.36. The highest BCUT2D eigenvalue weighted by Gasteiger charge is 2.40. The molecule has 0 amide bonds. The Morgan fingerprint density at radius 2 is 1.57 bits per heavy atom. The van der Waals surface area contributed by atoms with Gasteiger partial charge < -0.3 is 35.7 Å². The summed E-state index contributed by atoms with van der Waals surface area (Å²) in [4.78, 5) is 26.7. The topological polar surface area (TPSA) is 176 Å². The molecular formula is C37H52O9. The Labute approximate surface area is 272 Å². The zero-order chi connectivity index (χ0) is 35.0. The first-order valence-corrected chi connectivity index (χ1v) is 15.8. The second kappa shape index (κ2) is 16.4. The molecule has 2 bridgehead atoms. The summed E-state index contributed by atoms with van der Waals surface area (Å²) in [5.41, 5.74) is -0.236. The zero-order valence-corrected chi connectivity index (χ0v) is 28.2. The van der Waals surface area contributed by atoms with Gasteiger partial charge in [0.05, 0.1) is 41.6 Å². The van der Waals surface area contributed by atoms with E-state index in [1.54, 1.807) is 26.8 Å². The van der Waals surface area contributed by atoms with Crippen molar-refractivity contribution in [2.75, 3.05) is 6.61 Å². The maximum absolute atomic E-state index is 13.7. The fourth-order valence-electron chi connectivity index (χ4n) is 5.36. The van der Waals surface area contributed by atoms with E-state index in [2.05, 4.69) is 6.08 Å². The molecule has 0 fully saturated rings. The number of rotatable bonds is 15. The van der Waals surface area contributed by atoms with Crippen LogP contribution in [-0.2, 0) is 9.59 Å².